The van der Waals surface area contributed by atoms with Gasteiger partial charge in [-0.1, -0.05) is 57.9 Å². The molecule has 0 unspecified atom stereocenters. The zero-order valence-corrected chi connectivity index (χ0v) is 11.8. The molecule has 1 aromatic rings. The first-order chi connectivity index (χ1) is 8.93. The van der Waals surface area contributed by atoms with Gasteiger partial charge in [-0.15, -0.1) is 0 Å². The minimum Gasteiger partial charge on any atom is -0.313 e. The molecule has 0 radical (unpaired) electrons. The van der Waals surface area contributed by atoms with Crippen molar-refractivity contribution in [1.29, 1.82) is 0 Å². The smallest absolute Gasteiger partial charge is 0.0312 e. The van der Waals surface area contributed by atoms with Crippen LogP contribution in [0.15, 0.2) is 24.5 Å². The van der Waals surface area contributed by atoms with Crippen molar-refractivity contribution in [3.63, 3.8) is 0 Å². The van der Waals surface area contributed by atoms with Gasteiger partial charge >= 0.3 is 0 Å². The summed E-state index contributed by atoms with van der Waals surface area (Å²) in [5, 5.41) is 3.47. The molecule has 2 nitrogen and oxygen atoms in total. The summed E-state index contributed by atoms with van der Waals surface area (Å²) in [5.41, 5.74) is 1.28. The molecule has 0 amide bonds. The van der Waals surface area contributed by atoms with Crippen LogP contribution in [0.5, 0.6) is 0 Å². The van der Waals surface area contributed by atoms with Gasteiger partial charge in [0, 0.05) is 18.9 Å². The van der Waals surface area contributed by atoms with E-state index in [4.69, 9.17) is 0 Å². The van der Waals surface area contributed by atoms with Crippen molar-refractivity contribution in [2.45, 2.75) is 64.8 Å². The fraction of sp³-hybridized carbons (Fsp3) is 0.688. The predicted octanol–water partition coefficient (Wildman–Crippen LogP) is 4.31. The van der Waals surface area contributed by atoms with Gasteiger partial charge in [0.25, 0.3) is 0 Å². The molecular weight excluding hydrogens is 220 g/mol. The second kappa shape index (κ2) is 11.2. The summed E-state index contributed by atoms with van der Waals surface area (Å²) in [7, 11) is 0. The first-order valence-corrected chi connectivity index (χ1v) is 7.53. The zero-order valence-electron chi connectivity index (χ0n) is 11.8. The Morgan fingerprint density at radius 3 is 2.39 bits per heavy atom. The summed E-state index contributed by atoms with van der Waals surface area (Å²) in [4.78, 5) is 4.11. The highest BCUT2D eigenvalue weighted by molar-refractivity contribution is 5.07. The summed E-state index contributed by atoms with van der Waals surface area (Å²) in [5.74, 6) is 0. The molecule has 0 fully saturated rings. The van der Waals surface area contributed by atoms with Crippen LogP contribution in [0.2, 0.25) is 0 Å². The van der Waals surface area contributed by atoms with E-state index >= 15 is 0 Å². The van der Waals surface area contributed by atoms with Crippen molar-refractivity contribution in [3.8, 4) is 0 Å². The highest BCUT2D eigenvalue weighted by Gasteiger charge is 1.93. The van der Waals surface area contributed by atoms with Gasteiger partial charge in [0.2, 0.25) is 0 Å². The lowest BCUT2D eigenvalue weighted by molar-refractivity contribution is 0.555. The standard InChI is InChI=1S/C16H28N2/c1-2-3-4-5-6-7-8-9-12-17-14-16-11-10-13-18-15-16/h10-11,13,15,17H,2-9,12,14H2,1H3. The number of nitrogens with zero attached hydrogens (tertiary/aromatic N) is 1. The molecule has 0 saturated heterocycles. The highest BCUT2D eigenvalue weighted by atomic mass is 14.8. The highest BCUT2D eigenvalue weighted by Crippen LogP contribution is 2.07. The molecule has 0 aliphatic rings. The van der Waals surface area contributed by atoms with E-state index in [-0.39, 0.29) is 0 Å². The topological polar surface area (TPSA) is 24.9 Å². The van der Waals surface area contributed by atoms with Crippen molar-refractivity contribution in [2.75, 3.05) is 6.54 Å². The van der Waals surface area contributed by atoms with Crippen molar-refractivity contribution in [3.05, 3.63) is 30.1 Å². The van der Waals surface area contributed by atoms with Crippen LogP contribution >= 0.6 is 0 Å². The van der Waals surface area contributed by atoms with Crippen molar-refractivity contribution < 1.29 is 0 Å². The Labute approximate surface area is 112 Å². The third-order valence-electron chi connectivity index (χ3n) is 3.26. The molecule has 1 heterocycles. The van der Waals surface area contributed by atoms with E-state index in [9.17, 15) is 0 Å². The molecule has 102 valence electrons. The fourth-order valence-corrected chi connectivity index (χ4v) is 2.12. The van der Waals surface area contributed by atoms with Crippen molar-refractivity contribution in [2.24, 2.45) is 0 Å². The van der Waals surface area contributed by atoms with E-state index in [1.54, 1.807) is 0 Å². The lowest BCUT2D eigenvalue weighted by atomic mass is 10.1. The number of nitrogens with one attached hydrogen (secondary N) is 1. The second-order valence-corrected chi connectivity index (χ2v) is 5.01. The zero-order chi connectivity index (χ0) is 12.9. The first kappa shape index (κ1) is 15.2. The Kier molecular flexibility index (Phi) is 9.45. The van der Waals surface area contributed by atoms with Gasteiger partial charge in [0.1, 0.15) is 0 Å². The van der Waals surface area contributed by atoms with Crippen LogP contribution in [0, 0.1) is 0 Å². The number of hydrogen-bond acceptors (Lipinski definition) is 2. The number of unbranched alkanes of at least 4 members (excludes halogenated alkanes) is 7. The Morgan fingerprint density at radius 1 is 1.00 bits per heavy atom. The van der Waals surface area contributed by atoms with Crippen molar-refractivity contribution in [1.82, 2.24) is 10.3 Å². The first-order valence-electron chi connectivity index (χ1n) is 7.53. The van der Waals surface area contributed by atoms with Crippen LogP contribution in [-0.4, -0.2) is 11.5 Å². The van der Waals surface area contributed by atoms with Gasteiger partial charge in [0.05, 0.1) is 0 Å². The van der Waals surface area contributed by atoms with Gasteiger partial charge < -0.3 is 5.32 Å². The predicted molar refractivity (Wildman–Crippen MR) is 78.6 cm³/mol. The molecule has 1 N–H and O–H groups in total. The molecule has 18 heavy (non-hydrogen) atoms. The molecular formula is C16H28N2. The van der Waals surface area contributed by atoms with E-state index < -0.39 is 0 Å². The molecule has 1 aromatic heterocycles. The van der Waals surface area contributed by atoms with Gasteiger partial charge in [-0.3, -0.25) is 4.98 Å². The Hall–Kier alpha value is -0.890. The molecule has 0 aliphatic carbocycles. The quantitative estimate of drug-likeness (QED) is 0.590. The number of rotatable bonds is 11. The normalized spacial score (nSPS) is 10.7. The summed E-state index contributed by atoms with van der Waals surface area (Å²) < 4.78 is 0. The van der Waals surface area contributed by atoms with E-state index in [1.165, 1.54) is 56.9 Å². The third kappa shape index (κ3) is 8.24. The molecule has 0 saturated carbocycles. The maximum atomic E-state index is 4.11. The van der Waals surface area contributed by atoms with E-state index in [0.717, 1.165) is 13.1 Å². The molecule has 0 atom stereocenters. The second-order valence-electron chi connectivity index (χ2n) is 5.01. The van der Waals surface area contributed by atoms with Crippen LogP contribution < -0.4 is 5.32 Å². The van der Waals surface area contributed by atoms with E-state index in [1.807, 2.05) is 18.5 Å². The molecule has 1 rings (SSSR count). The molecule has 0 bridgehead atoms. The largest absolute Gasteiger partial charge is 0.313 e. The SMILES string of the molecule is CCCCCCCCCCNCc1cccnc1. The molecule has 0 aliphatic heterocycles. The van der Waals surface area contributed by atoms with Gasteiger partial charge in [0.15, 0.2) is 0 Å². The average molecular weight is 248 g/mol. The number of aromatic nitrogens is 1. The van der Waals surface area contributed by atoms with Crippen molar-refractivity contribution >= 4 is 0 Å². The summed E-state index contributed by atoms with van der Waals surface area (Å²) in [6, 6.07) is 4.11. The average Bonchev–Trinajstić information content (AvgIpc) is 2.42. The minimum absolute atomic E-state index is 0.949. The lowest BCUT2D eigenvalue weighted by Crippen LogP contribution is -2.14. The Bertz CT molecular complexity index is 272. The van der Waals surface area contributed by atoms with Crippen LogP contribution in [0.1, 0.15) is 63.9 Å². The molecule has 0 spiro atoms. The maximum absolute atomic E-state index is 4.11. The summed E-state index contributed by atoms with van der Waals surface area (Å²) in [6.45, 7) is 4.35. The minimum atomic E-state index is 0.949. The van der Waals surface area contributed by atoms with Gasteiger partial charge in [-0.25, -0.2) is 0 Å². The Morgan fingerprint density at radius 2 is 1.72 bits per heavy atom. The summed E-state index contributed by atoms with van der Waals surface area (Å²) >= 11 is 0. The number of hydrogen-bond donors (Lipinski definition) is 1. The lowest BCUT2D eigenvalue weighted by Gasteiger charge is -2.04. The third-order valence-corrected chi connectivity index (χ3v) is 3.26. The maximum Gasteiger partial charge on any atom is 0.0312 e. The van der Waals surface area contributed by atoms with Crippen LogP contribution in [0.3, 0.4) is 0 Å². The molecule has 0 aromatic carbocycles. The van der Waals surface area contributed by atoms with E-state index in [0.29, 0.717) is 0 Å². The van der Waals surface area contributed by atoms with Crippen LogP contribution in [0.4, 0.5) is 0 Å². The summed E-state index contributed by atoms with van der Waals surface area (Å²) in [6.07, 6.45) is 14.8. The fourth-order valence-electron chi connectivity index (χ4n) is 2.12. The number of pyridine rings is 1. The van der Waals surface area contributed by atoms with Crippen LogP contribution in [-0.2, 0) is 6.54 Å². The molecule has 2 heteroatoms. The Balaban J connectivity index is 1.82. The van der Waals surface area contributed by atoms with Crippen LogP contribution in [0.25, 0.3) is 0 Å². The van der Waals surface area contributed by atoms with E-state index in [2.05, 4.69) is 23.3 Å². The van der Waals surface area contributed by atoms with Gasteiger partial charge in [-0.05, 0) is 24.6 Å². The van der Waals surface area contributed by atoms with Gasteiger partial charge in [-0.2, -0.15) is 0 Å². The monoisotopic (exact) mass is 248 g/mol.